The summed E-state index contributed by atoms with van der Waals surface area (Å²) in [6, 6.07) is 11.9. The summed E-state index contributed by atoms with van der Waals surface area (Å²) in [6.45, 7) is 0.595. The second-order valence-corrected chi connectivity index (χ2v) is 6.59. The van der Waals surface area contributed by atoms with Crippen LogP contribution in [0.3, 0.4) is 0 Å². The van der Waals surface area contributed by atoms with Gasteiger partial charge < -0.3 is 14.8 Å². The van der Waals surface area contributed by atoms with E-state index in [1.54, 1.807) is 18.6 Å². The Morgan fingerprint density at radius 3 is 2.73 bits per heavy atom. The Labute approximate surface area is 152 Å². The Morgan fingerprint density at radius 2 is 2.04 bits per heavy atom. The number of aromatic nitrogens is 3. The van der Waals surface area contributed by atoms with Crippen LogP contribution in [-0.4, -0.2) is 31.5 Å². The van der Waals surface area contributed by atoms with E-state index in [1.165, 1.54) is 0 Å². The van der Waals surface area contributed by atoms with Crippen molar-refractivity contribution in [2.24, 2.45) is 7.05 Å². The number of aryl methyl sites for hydroxylation is 1. The summed E-state index contributed by atoms with van der Waals surface area (Å²) >= 11 is 0. The van der Waals surface area contributed by atoms with Gasteiger partial charge >= 0.3 is 6.03 Å². The first-order valence-electron chi connectivity index (χ1n) is 8.75. The molecule has 0 saturated heterocycles. The van der Waals surface area contributed by atoms with E-state index in [4.69, 9.17) is 0 Å². The van der Waals surface area contributed by atoms with Crippen molar-refractivity contribution in [3.8, 4) is 11.4 Å². The zero-order valence-corrected chi connectivity index (χ0v) is 14.7. The van der Waals surface area contributed by atoms with E-state index in [2.05, 4.69) is 15.3 Å². The normalized spacial score (nSPS) is 13.4. The molecule has 0 radical (unpaired) electrons. The van der Waals surface area contributed by atoms with Crippen LogP contribution in [0.15, 0.2) is 61.2 Å². The lowest BCUT2D eigenvalue weighted by atomic mass is 10.2. The van der Waals surface area contributed by atoms with Crippen molar-refractivity contribution in [3.05, 3.63) is 66.7 Å². The van der Waals surface area contributed by atoms with Crippen molar-refractivity contribution in [1.29, 1.82) is 0 Å². The summed E-state index contributed by atoms with van der Waals surface area (Å²) in [5, 5.41) is 3.04. The van der Waals surface area contributed by atoms with E-state index < -0.39 is 0 Å². The number of anilines is 1. The molecule has 2 heterocycles. The zero-order chi connectivity index (χ0) is 17.9. The molecule has 2 amide bonds. The number of nitrogens with zero attached hydrogens (tertiary/aromatic N) is 4. The van der Waals surface area contributed by atoms with Gasteiger partial charge in [0, 0.05) is 55.7 Å². The smallest absolute Gasteiger partial charge is 0.322 e. The molecule has 3 aromatic rings. The lowest BCUT2D eigenvalue weighted by Crippen LogP contribution is -2.36. The summed E-state index contributed by atoms with van der Waals surface area (Å²) in [4.78, 5) is 23.2. The number of urea groups is 1. The predicted octanol–water partition coefficient (Wildman–Crippen LogP) is 3.68. The first-order valence-corrected chi connectivity index (χ1v) is 8.75. The van der Waals surface area contributed by atoms with E-state index in [0.717, 1.165) is 35.5 Å². The van der Waals surface area contributed by atoms with Gasteiger partial charge in [-0.15, -0.1) is 0 Å². The number of hydrogen-bond acceptors (Lipinski definition) is 3. The van der Waals surface area contributed by atoms with Gasteiger partial charge in [0.2, 0.25) is 0 Å². The van der Waals surface area contributed by atoms with E-state index in [0.29, 0.717) is 12.6 Å². The summed E-state index contributed by atoms with van der Waals surface area (Å²) < 4.78 is 1.96. The molecule has 1 aromatic carbocycles. The Morgan fingerprint density at radius 1 is 1.23 bits per heavy atom. The summed E-state index contributed by atoms with van der Waals surface area (Å²) in [5.74, 6) is 0.872. The van der Waals surface area contributed by atoms with Gasteiger partial charge in [0.05, 0.1) is 0 Å². The molecule has 4 rings (SSSR count). The highest BCUT2D eigenvalue weighted by Gasteiger charge is 2.32. The van der Waals surface area contributed by atoms with Gasteiger partial charge in [-0.2, -0.15) is 0 Å². The molecule has 1 saturated carbocycles. The molecule has 6 nitrogen and oxygen atoms in total. The number of carbonyl (C=O) groups is 1. The standard InChI is InChI=1S/C20H21N5O/c1-24-12-11-22-19(24)16-3-2-4-17(13-16)23-20(26)25(18-5-6-18)14-15-7-9-21-10-8-15/h2-4,7-13,18H,5-6,14H2,1H3,(H,23,26). The molecule has 0 bridgehead atoms. The molecule has 0 atom stereocenters. The van der Waals surface area contributed by atoms with E-state index in [9.17, 15) is 4.79 Å². The van der Waals surface area contributed by atoms with Gasteiger partial charge in [0.15, 0.2) is 0 Å². The van der Waals surface area contributed by atoms with Crippen molar-refractivity contribution in [3.63, 3.8) is 0 Å². The monoisotopic (exact) mass is 347 g/mol. The van der Waals surface area contributed by atoms with E-state index in [-0.39, 0.29) is 6.03 Å². The number of benzene rings is 1. The van der Waals surface area contributed by atoms with Crippen molar-refractivity contribution < 1.29 is 4.79 Å². The highest BCUT2D eigenvalue weighted by Crippen LogP contribution is 2.29. The van der Waals surface area contributed by atoms with Crippen molar-refractivity contribution in [2.75, 3.05) is 5.32 Å². The maximum Gasteiger partial charge on any atom is 0.322 e. The van der Waals surface area contributed by atoms with Gasteiger partial charge in [-0.05, 0) is 42.7 Å². The molecule has 132 valence electrons. The SMILES string of the molecule is Cn1ccnc1-c1cccc(NC(=O)N(Cc2ccncc2)C2CC2)c1. The Bertz CT molecular complexity index is 901. The van der Waals surface area contributed by atoms with Crippen molar-refractivity contribution in [2.45, 2.75) is 25.4 Å². The largest absolute Gasteiger partial charge is 0.334 e. The Balaban J connectivity index is 1.50. The number of rotatable bonds is 5. The third-order valence-corrected chi connectivity index (χ3v) is 4.54. The number of amides is 2. The maximum atomic E-state index is 12.8. The predicted molar refractivity (Wildman–Crippen MR) is 100 cm³/mol. The fourth-order valence-electron chi connectivity index (χ4n) is 3.01. The lowest BCUT2D eigenvalue weighted by molar-refractivity contribution is 0.206. The average molecular weight is 347 g/mol. The number of pyridine rings is 1. The molecule has 1 aliphatic rings. The first kappa shape index (κ1) is 16.3. The van der Waals surface area contributed by atoms with Crippen LogP contribution in [-0.2, 0) is 13.6 Å². The van der Waals surface area contributed by atoms with Crippen LogP contribution in [0.25, 0.3) is 11.4 Å². The van der Waals surface area contributed by atoms with Crippen LogP contribution in [0.2, 0.25) is 0 Å². The molecule has 1 fully saturated rings. The van der Waals surface area contributed by atoms with Gasteiger partial charge in [0.25, 0.3) is 0 Å². The second-order valence-electron chi connectivity index (χ2n) is 6.59. The third kappa shape index (κ3) is 3.59. The number of hydrogen-bond donors (Lipinski definition) is 1. The fourth-order valence-corrected chi connectivity index (χ4v) is 3.01. The third-order valence-electron chi connectivity index (χ3n) is 4.54. The molecule has 26 heavy (non-hydrogen) atoms. The average Bonchev–Trinajstić information content (AvgIpc) is 3.41. The summed E-state index contributed by atoms with van der Waals surface area (Å²) in [5.41, 5.74) is 2.84. The molecule has 1 aliphatic carbocycles. The topological polar surface area (TPSA) is 63.1 Å². The molecule has 2 aromatic heterocycles. The minimum Gasteiger partial charge on any atom is -0.334 e. The maximum absolute atomic E-state index is 12.8. The zero-order valence-electron chi connectivity index (χ0n) is 14.7. The lowest BCUT2D eigenvalue weighted by Gasteiger charge is -2.23. The quantitative estimate of drug-likeness (QED) is 0.766. The molecular formula is C20H21N5O. The van der Waals surface area contributed by atoms with Crippen molar-refractivity contribution in [1.82, 2.24) is 19.4 Å². The van der Waals surface area contributed by atoms with Crippen LogP contribution in [0.5, 0.6) is 0 Å². The number of nitrogens with one attached hydrogen (secondary N) is 1. The molecule has 0 spiro atoms. The van der Waals surface area contributed by atoms with Gasteiger partial charge in [-0.3, -0.25) is 4.98 Å². The molecule has 6 heteroatoms. The molecule has 0 aliphatic heterocycles. The molecule has 0 unspecified atom stereocenters. The van der Waals surface area contributed by atoms with Crippen LogP contribution in [0, 0.1) is 0 Å². The van der Waals surface area contributed by atoms with Crippen LogP contribution >= 0.6 is 0 Å². The molecule has 1 N–H and O–H groups in total. The highest BCUT2D eigenvalue weighted by atomic mass is 16.2. The number of carbonyl (C=O) groups excluding carboxylic acids is 1. The Kier molecular flexibility index (Phi) is 4.39. The Hall–Kier alpha value is -3.15. The van der Waals surface area contributed by atoms with Crippen LogP contribution in [0.4, 0.5) is 10.5 Å². The van der Waals surface area contributed by atoms with Crippen LogP contribution < -0.4 is 5.32 Å². The summed E-state index contributed by atoms with van der Waals surface area (Å²) in [6.07, 6.45) is 9.31. The first-order chi connectivity index (χ1) is 12.7. The summed E-state index contributed by atoms with van der Waals surface area (Å²) in [7, 11) is 1.96. The van der Waals surface area contributed by atoms with Gasteiger partial charge in [-0.25, -0.2) is 9.78 Å². The molecular weight excluding hydrogens is 326 g/mol. The minimum absolute atomic E-state index is 0.0682. The van der Waals surface area contributed by atoms with Crippen molar-refractivity contribution >= 4 is 11.7 Å². The minimum atomic E-state index is -0.0682. The van der Waals surface area contributed by atoms with Gasteiger partial charge in [0.1, 0.15) is 5.82 Å². The van der Waals surface area contributed by atoms with E-state index >= 15 is 0 Å². The van der Waals surface area contributed by atoms with Crippen LogP contribution in [0.1, 0.15) is 18.4 Å². The second kappa shape index (κ2) is 7.00. The number of imidazole rings is 1. The highest BCUT2D eigenvalue weighted by molar-refractivity contribution is 5.90. The van der Waals surface area contributed by atoms with Gasteiger partial charge in [-0.1, -0.05) is 12.1 Å². The fraction of sp³-hybridized carbons (Fsp3) is 0.250. The van der Waals surface area contributed by atoms with E-state index in [1.807, 2.05) is 59.1 Å².